The lowest BCUT2D eigenvalue weighted by atomic mass is 9.87. The molecule has 2 aromatic carbocycles. The van der Waals surface area contributed by atoms with Crippen molar-refractivity contribution in [2.24, 2.45) is 0 Å². The molecule has 2 fully saturated rings. The molecule has 3 aliphatic rings. The summed E-state index contributed by atoms with van der Waals surface area (Å²) in [4.78, 5) is 40.1. The number of imide groups is 1. The van der Waals surface area contributed by atoms with Crippen molar-refractivity contribution in [1.29, 1.82) is 0 Å². The predicted octanol–water partition coefficient (Wildman–Crippen LogP) is 3.12. The van der Waals surface area contributed by atoms with Crippen molar-refractivity contribution in [3.63, 3.8) is 0 Å². The molecule has 1 unspecified atom stereocenters. The summed E-state index contributed by atoms with van der Waals surface area (Å²) in [5.74, 6) is 0.571. The maximum Gasteiger partial charge on any atom is 0.325 e. The van der Waals surface area contributed by atoms with E-state index in [0.29, 0.717) is 30.3 Å². The molecule has 1 aliphatic carbocycles. The monoisotopic (exact) mass is 463 g/mol. The van der Waals surface area contributed by atoms with Gasteiger partial charge in [0.15, 0.2) is 11.5 Å². The molecule has 5 rings (SSSR count). The summed E-state index contributed by atoms with van der Waals surface area (Å²) in [5, 5.41) is 5.92. The van der Waals surface area contributed by atoms with Crippen molar-refractivity contribution in [2.45, 2.75) is 50.6 Å². The molecule has 2 heterocycles. The number of rotatable bonds is 5. The third-order valence-electron chi connectivity index (χ3n) is 7.14. The Morgan fingerprint density at radius 3 is 2.35 bits per heavy atom. The van der Waals surface area contributed by atoms with E-state index in [4.69, 9.17) is 9.47 Å². The molecule has 0 aromatic heterocycles. The average Bonchev–Trinajstić information content (AvgIpc) is 3.39. The number of hydrogen-bond acceptors (Lipinski definition) is 5. The molecule has 0 radical (unpaired) electrons. The van der Waals surface area contributed by atoms with Crippen LogP contribution in [-0.2, 0) is 20.7 Å². The number of carbonyl (C=O) groups excluding carboxylic acids is 3. The van der Waals surface area contributed by atoms with Crippen LogP contribution in [0.4, 0.5) is 4.79 Å². The fraction of sp³-hybridized carbons (Fsp3) is 0.423. The molecule has 2 aliphatic heterocycles. The minimum absolute atomic E-state index is 0.335. The molecule has 1 atom stereocenters. The molecule has 4 amide bonds. The van der Waals surface area contributed by atoms with Gasteiger partial charge >= 0.3 is 6.03 Å². The summed E-state index contributed by atoms with van der Waals surface area (Å²) in [5.41, 5.74) is 0.923. The van der Waals surface area contributed by atoms with Crippen LogP contribution in [0.25, 0.3) is 0 Å². The quantitative estimate of drug-likeness (QED) is 0.664. The highest BCUT2D eigenvalue weighted by Crippen LogP contribution is 2.42. The Morgan fingerprint density at radius 2 is 1.65 bits per heavy atom. The molecule has 0 bridgehead atoms. The molecule has 1 saturated heterocycles. The number of fused-ring (bicyclic) bond motifs is 1. The Balaban J connectivity index is 1.34. The van der Waals surface area contributed by atoms with Crippen molar-refractivity contribution < 1.29 is 23.9 Å². The van der Waals surface area contributed by atoms with Gasteiger partial charge < -0.3 is 20.1 Å². The fourth-order valence-corrected chi connectivity index (χ4v) is 5.18. The summed E-state index contributed by atoms with van der Waals surface area (Å²) < 4.78 is 11.4. The zero-order chi connectivity index (χ0) is 23.9. The smallest absolute Gasteiger partial charge is 0.325 e. The van der Waals surface area contributed by atoms with E-state index in [9.17, 15) is 14.4 Å². The highest BCUT2D eigenvalue weighted by Gasteiger charge is 2.50. The average molecular weight is 464 g/mol. The lowest BCUT2D eigenvalue weighted by Crippen LogP contribution is -2.49. The summed E-state index contributed by atoms with van der Waals surface area (Å²) in [6, 6.07) is 12.6. The van der Waals surface area contributed by atoms with Gasteiger partial charge in [-0.05, 0) is 49.9 Å². The molecular weight excluding hydrogens is 434 g/mol. The largest absolute Gasteiger partial charge is 0.486 e. The van der Waals surface area contributed by atoms with E-state index in [0.717, 1.165) is 41.7 Å². The Labute approximate surface area is 198 Å². The molecule has 2 N–H and O–H groups in total. The summed E-state index contributed by atoms with van der Waals surface area (Å²) in [6.07, 6.45) is 3.51. The maximum absolute atomic E-state index is 13.2. The van der Waals surface area contributed by atoms with Crippen LogP contribution in [0.2, 0.25) is 0 Å². The van der Waals surface area contributed by atoms with Gasteiger partial charge in [0.05, 0.1) is 5.54 Å². The first kappa shape index (κ1) is 22.3. The summed E-state index contributed by atoms with van der Waals surface area (Å²) in [6.45, 7) is 4.30. The van der Waals surface area contributed by atoms with Gasteiger partial charge in [0.2, 0.25) is 5.91 Å². The number of hydrogen-bond donors (Lipinski definition) is 2. The number of nitrogens with zero attached hydrogens (tertiary/aromatic N) is 1. The van der Waals surface area contributed by atoms with Crippen molar-refractivity contribution in [1.82, 2.24) is 15.5 Å². The highest BCUT2D eigenvalue weighted by molar-refractivity contribution is 6.09. The normalized spacial score (nSPS) is 23.1. The van der Waals surface area contributed by atoms with E-state index >= 15 is 0 Å². The van der Waals surface area contributed by atoms with Gasteiger partial charge in [0.25, 0.3) is 5.91 Å². The molecule has 0 spiro atoms. The second-order valence-corrected chi connectivity index (χ2v) is 9.51. The number of aryl methyl sites for hydroxylation is 1. The van der Waals surface area contributed by atoms with Crippen LogP contribution in [0.5, 0.6) is 11.5 Å². The van der Waals surface area contributed by atoms with Crippen molar-refractivity contribution in [3.8, 4) is 11.5 Å². The van der Waals surface area contributed by atoms with Crippen LogP contribution in [0.15, 0.2) is 42.5 Å². The Morgan fingerprint density at radius 1 is 1.00 bits per heavy atom. The van der Waals surface area contributed by atoms with Crippen molar-refractivity contribution in [3.05, 3.63) is 59.2 Å². The van der Waals surface area contributed by atoms with Gasteiger partial charge in [-0.3, -0.25) is 14.5 Å². The van der Waals surface area contributed by atoms with Crippen molar-refractivity contribution >= 4 is 17.8 Å². The number of benzene rings is 2. The van der Waals surface area contributed by atoms with Gasteiger partial charge in [-0.1, -0.05) is 48.7 Å². The van der Waals surface area contributed by atoms with Crippen LogP contribution in [0, 0.1) is 6.92 Å². The van der Waals surface area contributed by atoms with E-state index in [1.54, 1.807) is 6.92 Å². The van der Waals surface area contributed by atoms with Gasteiger partial charge in [-0.2, -0.15) is 0 Å². The molecular formula is C26H29N3O5. The number of urea groups is 1. The first-order valence-electron chi connectivity index (χ1n) is 11.7. The van der Waals surface area contributed by atoms with Crippen molar-refractivity contribution in [2.75, 3.05) is 19.8 Å². The van der Waals surface area contributed by atoms with Gasteiger partial charge in [-0.15, -0.1) is 0 Å². The highest BCUT2D eigenvalue weighted by atomic mass is 16.6. The molecule has 1 saturated carbocycles. The van der Waals surface area contributed by atoms with E-state index < -0.39 is 23.0 Å². The molecule has 8 heteroatoms. The standard InChI is InChI=1S/C26H29N3O5/c1-17-5-7-18(8-6-17)25(2)23(31)29(24(32)28-25)16-22(30)27-26(11-3-4-12-26)19-9-10-20-21(15-19)34-14-13-33-20/h5-10,15H,3-4,11-14,16H2,1-2H3,(H,27,30)(H,28,32). The third-order valence-corrected chi connectivity index (χ3v) is 7.14. The van der Waals surface area contributed by atoms with Crippen LogP contribution >= 0.6 is 0 Å². The zero-order valence-corrected chi connectivity index (χ0v) is 19.5. The maximum atomic E-state index is 13.2. The van der Waals surface area contributed by atoms with Gasteiger partial charge in [-0.25, -0.2) is 4.79 Å². The first-order chi connectivity index (χ1) is 16.3. The van der Waals surface area contributed by atoms with Gasteiger partial charge in [0.1, 0.15) is 25.3 Å². The first-order valence-corrected chi connectivity index (χ1v) is 11.7. The Kier molecular flexibility index (Phi) is 5.46. The molecule has 178 valence electrons. The second kappa shape index (κ2) is 8.34. The van der Waals surface area contributed by atoms with Crippen LogP contribution < -0.4 is 20.1 Å². The van der Waals surface area contributed by atoms with Crippen LogP contribution in [0.3, 0.4) is 0 Å². The lowest BCUT2D eigenvalue weighted by Gasteiger charge is -2.32. The van der Waals surface area contributed by atoms with E-state index in [1.165, 1.54) is 0 Å². The fourth-order valence-electron chi connectivity index (χ4n) is 5.18. The van der Waals surface area contributed by atoms with Crippen LogP contribution in [-0.4, -0.2) is 42.5 Å². The second-order valence-electron chi connectivity index (χ2n) is 9.51. The van der Waals surface area contributed by atoms with E-state index in [2.05, 4.69) is 10.6 Å². The number of ether oxygens (including phenoxy) is 2. The minimum atomic E-state index is -1.20. The molecule has 34 heavy (non-hydrogen) atoms. The topological polar surface area (TPSA) is 97.0 Å². The molecule has 2 aromatic rings. The zero-order valence-electron chi connectivity index (χ0n) is 19.5. The number of amides is 4. The van der Waals surface area contributed by atoms with Gasteiger partial charge in [0, 0.05) is 0 Å². The summed E-state index contributed by atoms with van der Waals surface area (Å²) in [7, 11) is 0. The minimum Gasteiger partial charge on any atom is -0.486 e. The lowest BCUT2D eigenvalue weighted by molar-refractivity contribution is -0.135. The Hall–Kier alpha value is -3.55. The number of nitrogens with one attached hydrogen (secondary N) is 2. The Bertz CT molecular complexity index is 1140. The third kappa shape index (κ3) is 3.77. The SMILES string of the molecule is Cc1ccc(C2(C)NC(=O)N(CC(=O)NC3(c4ccc5c(c4)OCCO5)CCCC3)C2=O)cc1. The molecule has 8 nitrogen and oxygen atoms in total. The number of carbonyl (C=O) groups is 3. The van der Waals surface area contributed by atoms with E-state index in [1.807, 2.05) is 49.4 Å². The van der Waals surface area contributed by atoms with Crippen LogP contribution in [0.1, 0.15) is 49.3 Å². The predicted molar refractivity (Wildman–Crippen MR) is 124 cm³/mol. The summed E-state index contributed by atoms with van der Waals surface area (Å²) >= 11 is 0. The van der Waals surface area contributed by atoms with E-state index in [-0.39, 0.29) is 12.5 Å².